The van der Waals surface area contributed by atoms with Crippen molar-refractivity contribution in [3.8, 4) is 5.75 Å². The zero-order chi connectivity index (χ0) is 26.2. The van der Waals surface area contributed by atoms with Crippen molar-refractivity contribution < 1.29 is 14.8 Å². The lowest BCUT2D eigenvalue weighted by molar-refractivity contribution is -0.398. The predicted molar refractivity (Wildman–Crippen MR) is 138 cm³/mol. The Morgan fingerprint density at radius 1 is 1.28 bits per heavy atom. The molecule has 0 aliphatic rings. The minimum Gasteiger partial charge on any atom is -0.867 e. The van der Waals surface area contributed by atoms with Gasteiger partial charge < -0.3 is 15.0 Å². The Morgan fingerprint density at radius 3 is 2.67 bits per heavy atom. The second-order valence-corrected chi connectivity index (χ2v) is 9.43. The molecule has 0 radical (unpaired) electrons. The van der Waals surface area contributed by atoms with Gasteiger partial charge in [0.05, 0.1) is 22.9 Å². The molecule has 0 aliphatic carbocycles. The summed E-state index contributed by atoms with van der Waals surface area (Å²) < 4.78 is 1.82. The molecule has 1 atom stereocenters. The number of nitro benzene ring substituents is 1. The summed E-state index contributed by atoms with van der Waals surface area (Å²) in [5, 5.41) is 39.0. The lowest BCUT2D eigenvalue weighted by Crippen LogP contribution is -2.27. The van der Waals surface area contributed by atoms with Crippen molar-refractivity contribution in [1.29, 1.82) is 0 Å². The Bertz CT molecular complexity index is 1300. The SMILES string of the molecule is C=CCn1c(CNc2ccc(Cl)cc2)nnc1S[C@H](C)C(=O)N/N=C\c1cc(Cl)cc([N+](=O)[O-])c1[O-]. The predicted octanol–water partition coefficient (Wildman–Crippen LogP) is 4.00. The number of rotatable bonds is 11. The fourth-order valence-electron chi connectivity index (χ4n) is 2.90. The summed E-state index contributed by atoms with van der Waals surface area (Å²) in [6, 6.07) is 9.41. The third-order valence-corrected chi connectivity index (χ3v) is 6.24. The molecular weight excluding hydrogens is 529 g/mol. The number of hydrogen-bond donors (Lipinski definition) is 2. The molecule has 3 aromatic rings. The Morgan fingerprint density at radius 2 is 2.00 bits per heavy atom. The first-order chi connectivity index (χ1) is 17.2. The van der Waals surface area contributed by atoms with Crippen LogP contribution < -0.4 is 15.8 Å². The van der Waals surface area contributed by atoms with Crippen LogP contribution in [0.3, 0.4) is 0 Å². The lowest BCUT2D eigenvalue weighted by atomic mass is 10.2. The Balaban J connectivity index is 1.64. The molecule has 1 amide bonds. The molecule has 0 spiro atoms. The zero-order valence-electron chi connectivity index (χ0n) is 18.9. The first kappa shape index (κ1) is 27.0. The topological polar surface area (TPSA) is 150 Å². The summed E-state index contributed by atoms with van der Waals surface area (Å²) in [4.78, 5) is 22.7. The smallest absolute Gasteiger partial charge is 0.263 e. The van der Waals surface area contributed by atoms with Crippen LogP contribution in [0.4, 0.5) is 11.4 Å². The summed E-state index contributed by atoms with van der Waals surface area (Å²) >= 11 is 12.9. The Kier molecular flexibility index (Phi) is 9.28. The van der Waals surface area contributed by atoms with E-state index in [1.165, 1.54) is 6.07 Å². The maximum Gasteiger partial charge on any atom is 0.263 e. The number of carbonyl (C=O) groups excluding carboxylic acids is 1. The van der Waals surface area contributed by atoms with Crippen molar-refractivity contribution >= 4 is 58.5 Å². The fourth-order valence-corrected chi connectivity index (χ4v) is 4.12. The number of anilines is 1. The van der Waals surface area contributed by atoms with E-state index in [9.17, 15) is 20.0 Å². The van der Waals surface area contributed by atoms with Crippen molar-refractivity contribution in [2.75, 3.05) is 5.32 Å². The van der Waals surface area contributed by atoms with Crippen LogP contribution in [0.25, 0.3) is 0 Å². The standard InChI is InChI=1S/C22H21Cl2N7O4S/c1-3-8-30-19(12-25-17-6-4-15(23)5-7-17)27-29-22(30)36-13(2)21(33)28-26-11-14-9-16(24)10-18(20(14)32)31(34)35/h3-7,9-11,13,25,32H,1,8,12H2,2H3,(H,28,33)/p-1/b26-11-/t13-/m1/s1. The minimum absolute atomic E-state index is 0.000844. The lowest BCUT2D eigenvalue weighted by Gasteiger charge is -2.12. The summed E-state index contributed by atoms with van der Waals surface area (Å²) in [7, 11) is 0. The number of carbonyl (C=O) groups is 1. The molecule has 0 bridgehead atoms. The highest BCUT2D eigenvalue weighted by Gasteiger charge is 2.20. The number of aromatic nitrogens is 3. The van der Waals surface area contributed by atoms with Crippen LogP contribution in [0.5, 0.6) is 5.75 Å². The van der Waals surface area contributed by atoms with E-state index in [1.807, 2.05) is 16.7 Å². The van der Waals surface area contributed by atoms with E-state index in [4.69, 9.17) is 23.2 Å². The van der Waals surface area contributed by atoms with Gasteiger partial charge in [-0.05, 0) is 48.6 Å². The minimum atomic E-state index is -0.859. The first-order valence-electron chi connectivity index (χ1n) is 10.4. The molecule has 36 heavy (non-hydrogen) atoms. The third kappa shape index (κ3) is 6.97. The van der Waals surface area contributed by atoms with Gasteiger partial charge in [0.15, 0.2) is 11.0 Å². The van der Waals surface area contributed by atoms with Gasteiger partial charge >= 0.3 is 0 Å². The molecule has 0 aliphatic heterocycles. The van der Waals surface area contributed by atoms with Gasteiger partial charge in [-0.2, -0.15) is 5.10 Å². The van der Waals surface area contributed by atoms with Crippen LogP contribution in [0.15, 0.2) is 59.3 Å². The Hall–Kier alpha value is -3.61. The molecule has 188 valence electrons. The first-order valence-corrected chi connectivity index (χ1v) is 12.0. The largest absolute Gasteiger partial charge is 0.867 e. The van der Waals surface area contributed by atoms with E-state index in [0.29, 0.717) is 29.1 Å². The van der Waals surface area contributed by atoms with Gasteiger partial charge in [-0.15, -0.1) is 16.8 Å². The van der Waals surface area contributed by atoms with Gasteiger partial charge in [-0.3, -0.25) is 14.9 Å². The van der Waals surface area contributed by atoms with Gasteiger partial charge in [0.25, 0.3) is 11.6 Å². The van der Waals surface area contributed by atoms with Crippen molar-refractivity contribution in [3.05, 3.63) is 80.6 Å². The van der Waals surface area contributed by atoms with Gasteiger partial charge in [0.1, 0.15) is 0 Å². The van der Waals surface area contributed by atoms with E-state index in [1.54, 1.807) is 25.1 Å². The summed E-state index contributed by atoms with van der Waals surface area (Å²) in [5.41, 5.74) is 2.37. The normalized spacial score (nSPS) is 11.9. The molecule has 11 nitrogen and oxygen atoms in total. The van der Waals surface area contributed by atoms with E-state index in [-0.39, 0.29) is 10.6 Å². The molecule has 2 aromatic carbocycles. The van der Waals surface area contributed by atoms with Gasteiger partial charge in [-0.25, -0.2) is 5.43 Å². The quantitative estimate of drug-likeness (QED) is 0.120. The third-order valence-electron chi connectivity index (χ3n) is 4.69. The van der Waals surface area contributed by atoms with E-state index in [0.717, 1.165) is 29.7 Å². The second-order valence-electron chi connectivity index (χ2n) is 7.25. The number of allylic oxidation sites excluding steroid dienone is 1. The molecule has 1 aromatic heterocycles. The highest BCUT2D eigenvalue weighted by molar-refractivity contribution is 8.00. The number of nitrogens with one attached hydrogen (secondary N) is 2. The number of hydrazone groups is 1. The number of nitro groups is 1. The Labute approximate surface area is 220 Å². The molecule has 3 rings (SSSR count). The van der Waals surface area contributed by atoms with E-state index >= 15 is 0 Å². The number of thioether (sulfide) groups is 1. The average molecular weight is 549 g/mol. The average Bonchev–Trinajstić information content (AvgIpc) is 3.21. The molecule has 14 heteroatoms. The second kappa shape index (κ2) is 12.4. The fraction of sp³-hybridized carbons (Fsp3) is 0.182. The number of benzene rings is 2. The zero-order valence-corrected chi connectivity index (χ0v) is 21.2. The van der Waals surface area contributed by atoms with Gasteiger partial charge in [0.2, 0.25) is 0 Å². The van der Waals surface area contributed by atoms with Gasteiger partial charge in [0, 0.05) is 28.3 Å². The monoisotopic (exact) mass is 548 g/mol. The van der Waals surface area contributed by atoms with Crippen LogP contribution in [0, 0.1) is 10.1 Å². The number of nitrogens with zero attached hydrogens (tertiary/aromatic N) is 5. The van der Waals surface area contributed by atoms with Crippen LogP contribution >= 0.6 is 35.0 Å². The maximum absolute atomic E-state index is 12.5. The molecule has 0 fully saturated rings. The van der Waals surface area contributed by atoms with Crippen molar-refractivity contribution in [1.82, 2.24) is 20.2 Å². The van der Waals surface area contributed by atoms with Crippen molar-refractivity contribution in [2.24, 2.45) is 5.10 Å². The highest BCUT2D eigenvalue weighted by atomic mass is 35.5. The number of hydrogen-bond acceptors (Lipinski definition) is 9. The molecule has 2 N–H and O–H groups in total. The molecule has 1 heterocycles. The molecule has 0 saturated heterocycles. The van der Waals surface area contributed by atoms with E-state index in [2.05, 4.69) is 32.6 Å². The maximum atomic E-state index is 12.5. The summed E-state index contributed by atoms with van der Waals surface area (Å²) in [6.07, 6.45) is 2.70. The molecule has 0 saturated carbocycles. The highest BCUT2D eigenvalue weighted by Crippen LogP contribution is 2.30. The van der Waals surface area contributed by atoms with Gasteiger partial charge in [-0.1, -0.05) is 41.0 Å². The summed E-state index contributed by atoms with van der Waals surface area (Å²) in [6.45, 7) is 6.23. The van der Waals surface area contributed by atoms with Crippen LogP contribution in [-0.4, -0.2) is 37.1 Å². The van der Waals surface area contributed by atoms with Crippen LogP contribution in [-0.2, 0) is 17.9 Å². The molecule has 0 unspecified atom stereocenters. The summed E-state index contributed by atoms with van der Waals surface area (Å²) in [5.74, 6) is -0.695. The molecular formula is C22H20Cl2N7O4S-. The number of halogens is 2. The van der Waals surface area contributed by atoms with Crippen LogP contribution in [0.2, 0.25) is 10.0 Å². The number of amides is 1. The van der Waals surface area contributed by atoms with E-state index < -0.39 is 27.5 Å². The van der Waals surface area contributed by atoms with Crippen molar-refractivity contribution in [2.45, 2.75) is 30.4 Å². The van der Waals surface area contributed by atoms with Crippen LogP contribution in [0.1, 0.15) is 18.3 Å². The van der Waals surface area contributed by atoms with Crippen molar-refractivity contribution in [3.63, 3.8) is 0 Å².